The molecule has 4 nitrogen and oxygen atoms in total. The van der Waals surface area contributed by atoms with Gasteiger partial charge in [-0.25, -0.2) is 4.52 Å². The molecule has 0 aliphatic rings. The van der Waals surface area contributed by atoms with Crippen molar-refractivity contribution in [3.8, 4) is 5.88 Å². The molecule has 0 aliphatic carbocycles. The van der Waals surface area contributed by atoms with Crippen LogP contribution in [0.2, 0.25) is 0 Å². The lowest BCUT2D eigenvalue weighted by molar-refractivity contribution is 0.202. The second-order valence-electron chi connectivity index (χ2n) is 8.51. The first-order valence-electron chi connectivity index (χ1n) is 12.5. The lowest BCUT2D eigenvalue weighted by Crippen LogP contribution is -2.32. The van der Waals surface area contributed by atoms with Gasteiger partial charge in [0.1, 0.15) is 0 Å². The van der Waals surface area contributed by atoms with E-state index in [9.17, 15) is 0 Å². The van der Waals surface area contributed by atoms with Crippen molar-refractivity contribution in [2.45, 2.75) is 78.2 Å². The summed E-state index contributed by atoms with van der Waals surface area (Å²) >= 11 is 0. The molecule has 1 unspecified atom stereocenters. The molecule has 1 atom stereocenters. The molecule has 3 rings (SSSR count). The van der Waals surface area contributed by atoms with Crippen LogP contribution in [0.5, 0.6) is 5.88 Å². The fourth-order valence-corrected chi connectivity index (χ4v) is 3.88. The van der Waals surface area contributed by atoms with Crippen molar-refractivity contribution in [3.63, 3.8) is 0 Å². The number of benzene rings is 1. The third-order valence-corrected chi connectivity index (χ3v) is 5.89. The van der Waals surface area contributed by atoms with Crippen molar-refractivity contribution in [1.29, 1.82) is 0 Å². The molecule has 4 heteroatoms. The van der Waals surface area contributed by atoms with Gasteiger partial charge in [0.05, 0.1) is 12.1 Å². The SMILES string of the molecule is CCCCC(CCC)N(C)CCCCOc1cc2ccccn2n1.CCc1ccccc1. The van der Waals surface area contributed by atoms with Crippen LogP contribution in [0.15, 0.2) is 60.8 Å². The molecule has 32 heavy (non-hydrogen) atoms. The molecule has 2 heterocycles. The first-order valence-corrected chi connectivity index (χ1v) is 12.5. The molecule has 2 aromatic heterocycles. The molecule has 0 spiro atoms. The van der Waals surface area contributed by atoms with Crippen LogP contribution in [-0.2, 0) is 6.42 Å². The minimum Gasteiger partial charge on any atom is -0.477 e. The van der Waals surface area contributed by atoms with Crippen molar-refractivity contribution in [3.05, 3.63) is 66.4 Å². The van der Waals surface area contributed by atoms with Crippen LogP contribution in [0.3, 0.4) is 0 Å². The molecule has 0 aliphatic heterocycles. The minimum atomic E-state index is 0.723. The topological polar surface area (TPSA) is 29.8 Å². The van der Waals surface area contributed by atoms with E-state index in [1.807, 2.05) is 41.0 Å². The first-order chi connectivity index (χ1) is 15.7. The van der Waals surface area contributed by atoms with E-state index in [1.54, 1.807) is 0 Å². The number of aromatic nitrogens is 2. The van der Waals surface area contributed by atoms with Crippen LogP contribution in [0.25, 0.3) is 5.52 Å². The van der Waals surface area contributed by atoms with Gasteiger partial charge in [0.25, 0.3) is 0 Å². The monoisotopic (exact) mass is 437 g/mol. The Hall–Kier alpha value is -2.33. The first kappa shape index (κ1) is 25.9. The molecule has 0 bridgehead atoms. The molecule has 0 amide bonds. The number of rotatable bonds is 13. The molecule has 176 valence electrons. The van der Waals surface area contributed by atoms with Crippen molar-refractivity contribution in [1.82, 2.24) is 14.5 Å². The smallest absolute Gasteiger partial charge is 0.233 e. The van der Waals surface area contributed by atoms with Gasteiger partial charge >= 0.3 is 0 Å². The number of ether oxygens (including phenoxy) is 1. The highest BCUT2D eigenvalue weighted by atomic mass is 16.5. The van der Waals surface area contributed by atoms with E-state index in [0.29, 0.717) is 0 Å². The Labute approximate surface area is 195 Å². The zero-order valence-corrected chi connectivity index (χ0v) is 20.7. The van der Waals surface area contributed by atoms with Gasteiger partial charge in [0.15, 0.2) is 0 Å². The highest BCUT2D eigenvalue weighted by Gasteiger charge is 2.12. The maximum Gasteiger partial charge on any atom is 0.233 e. The fraction of sp³-hybridized carbons (Fsp3) is 0.536. The van der Waals surface area contributed by atoms with Gasteiger partial charge < -0.3 is 9.64 Å². The lowest BCUT2D eigenvalue weighted by Gasteiger charge is -2.28. The average Bonchev–Trinajstić information content (AvgIpc) is 3.25. The Bertz CT molecular complexity index is 813. The number of aryl methyl sites for hydroxylation is 1. The molecule has 3 aromatic rings. The molecule has 0 saturated carbocycles. The zero-order valence-electron chi connectivity index (χ0n) is 20.7. The zero-order chi connectivity index (χ0) is 23.0. The van der Waals surface area contributed by atoms with E-state index in [-0.39, 0.29) is 0 Å². The molecule has 0 radical (unpaired) electrons. The Morgan fingerprint density at radius 3 is 2.34 bits per heavy atom. The summed E-state index contributed by atoms with van der Waals surface area (Å²) in [5.41, 5.74) is 2.48. The van der Waals surface area contributed by atoms with Gasteiger partial charge in [-0.3, -0.25) is 0 Å². The normalized spacial score (nSPS) is 11.9. The lowest BCUT2D eigenvalue weighted by atomic mass is 10.0. The number of hydrogen-bond donors (Lipinski definition) is 0. The Morgan fingerprint density at radius 1 is 0.906 bits per heavy atom. The third-order valence-electron chi connectivity index (χ3n) is 5.89. The third kappa shape index (κ3) is 9.44. The average molecular weight is 438 g/mol. The summed E-state index contributed by atoms with van der Waals surface area (Å²) in [4.78, 5) is 2.55. The summed E-state index contributed by atoms with van der Waals surface area (Å²) in [7, 11) is 2.28. The van der Waals surface area contributed by atoms with E-state index in [0.717, 1.165) is 43.4 Å². The quantitative estimate of drug-likeness (QED) is 0.269. The molecular formula is C28H43N3O. The van der Waals surface area contributed by atoms with Gasteiger partial charge in [-0.05, 0) is 63.4 Å². The van der Waals surface area contributed by atoms with Crippen LogP contribution >= 0.6 is 0 Å². The minimum absolute atomic E-state index is 0.723. The van der Waals surface area contributed by atoms with E-state index in [1.165, 1.54) is 44.1 Å². The number of nitrogens with zero attached hydrogens (tertiary/aromatic N) is 3. The van der Waals surface area contributed by atoms with Gasteiger partial charge in [0, 0.05) is 18.3 Å². The van der Waals surface area contributed by atoms with Crippen molar-refractivity contribution in [2.24, 2.45) is 0 Å². The fourth-order valence-electron chi connectivity index (χ4n) is 3.88. The summed E-state index contributed by atoms with van der Waals surface area (Å²) in [5.74, 6) is 0.723. The summed E-state index contributed by atoms with van der Waals surface area (Å²) in [5, 5.41) is 4.42. The standard InChI is InChI=1S/C20H33N3O.C8H10/c1-4-6-12-18(11-5-2)22(3)14-9-10-16-24-20-17-19-13-7-8-15-23(19)21-20;1-2-8-6-4-3-5-7-8/h7-8,13,15,17-18H,4-6,9-12,14,16H2,1-3H3;3-7H,2H2,1H3. The Balaban J connectivity index is 0.000000380. The van der Waals surface area contributed by atoms with Crippen molar-refractivity contribution < 1.29 is 4.74 Å². The number of hydrogen-bond acceptors (Lipinski definition) is 3. The number of unbranched alkanes of at least 4 members (excludes halogenated alkanes) is 2. The van der Waals surface area contributed by atoms with Crippen molar-refractivity contribution >= 4 is 5.52 Å². The van der Waals surface area contributed by atoms with Gasteiger partial charge in [-0.15, -0.1) is 5.10 Å². The van der Waals surface area contributed by atoms with E-state index >= 15 is 0 Å². The summed E-state index contributed by atoms with van der Waals surface area (Å²) in [6.45, 7) is 8.62. The van der Waals surface area contributed by atoms with Gasteiger partial charge in [-0.1, -0.05) is 76.4 Å². The maximum absolute atomic E-state index is 5.80. The molecule has 0 N–H and O–H groups in total. The van der Waals surface area contributed by atoms with E-state index in [4.69, 9.17) is 4.74 Å². The maximum atomic E-state index is 5.80. The van der Waals surface area contributed by atoms with Crippen LogP contribution in [0, 0.1) is 0 Å². The molecule has 0 saturated heterocycles. The molecule has 0 fully saturated rings. The van der Waals surface area contributed by atoms with Crippen LogP contribution in [0.1, 0.15) is 71.3 Å². The summed E-state index contributed by atoms with van der Waals surface area (Å²) in [6, 6.07) is 19.2. The van der Waals surface area contributed by atoms with Crippen LogP contribution < -0.4 is 4.74 Å². The Kier molecular flexibility index (Phi) is 12.5. The molecular weight excluding hydrogens is 394 g/mol. The highest BCUT2D eigenvalue weighted by molar-refractivity contribution is 5.48. The number of pyridine rings is 1. The van der Waals surface area contributed by atoms with Gasteiger partial charge in [-0.2, -0.15) is 0 Å². The second kappa shape index (κ2) is 15.5. The summed E-state index contributed by atoms with van der Waals surface area (Å²) < 4.78 is 7.65. The largest absolute Gasteiger partial charge is 0.477 e. The summed E-state index contributed by atoms with van der Waals surface area (Å²) in [6.07, 6.45) is 11.9. The van der Waals surface area contributed by atoms with Crippen molar-refractivity contribution in [2.75, 3.05) is 20.2 Å². The van der Waals surface area contributed by atoms with E-state index in [2.05, 4.69) is 62.1 Å². The van der Waals surface area contributed by atoms with Crippen LogP contribution in [0.4, 0.5) is 0 Å². The highest BCUT2D eigenvalue weighted by Crippen LogP contribution is 2.15. The number of fused-ring (bicyclic) bond motifs is 1. The Morgan fingerprint density at radius 2 is 1.69 bits per heavy atom. The predicted molar refractivity (Wildman–Crippen MR) is 137 cm³/mol. The molecule has 1 aromatic carbocycles. The van der Waals surface area contributed by atoms with Gasteiger partial charge in [0.2, 0.25) is 5.88 Å². The predicted octanol–water partition coefficient (Wildman–Crippen LogP) is 7.03. The van der Waals surface area contributed by atoms with Crippen LogP contribution in [-0.4, -0.2) is 40.8 Å². The second-order valence-corrected chi connectivity index (χ2v) is 8.51. The van der Waals surface area contributed by atoms with E-state index < -0.39 is 0 Å².